The summed E-state index contributed by atoms with van der Waals surface area (Å²) < 4.78 is 5.16. The average Bonchev–Trinajstić information content (AvgIpc) is 3.24. The van der Waals surface area contributed by atoms with Gasteiger partial charge in [-0.05, 0) is 24.1 Å². The Bertz CT molecular complexity index is 799. The molecule has 2 N–H and O–H groups in total. The van der Waals surface area contributed by atoms with Gasteiger partial charge in [0.1, 0.15) is 5.75 Å². The second kappa shape index (κ2) is 7.74. The summed E-state index contributed by atoms with van der Waals surface area (Å²) in [6.07, 6.45) is 3.75. The molecule has 124 valence electrons. The quantitative estimate of drug-likeness (QED) is 0.692. The third-order valence-corrected chi connectivity index (χ3v) is 4.33. The summed E-state index contributed by atoms with van der Waals surface area (Å²) in [5.41, 5.74) is 1.87. The summed E-state index contributed by atoms with van der Waals surface area (Å²) in [6.45, 7) is 0. The minimum Gasteiger partial charge on any atom is -0.497 e. The van der Waals surface area contributed by atoms with Crippen LogP contribution in [0.1, 0.15) is 16.3 Å². The number of benzene rings is 1. The van der Waals surface area contributed by atoms with E-state index in [1.54, 1.807) is 24.6 Å². The summed E-state index contributed by atoms with van der Waals surface area (Å²) in [7, 11) is 1.61. The van der Waals surface area contributed by atoms with Crippen molar-refractivity contribution in [2.24, 2.45) is 0 Å². The Balaban J connectivity index is 1.52. The maximum Gasteiger partial charge on any atom is 0.229 e. The van der Waals surface area contributed by atoms with Crippen molar-refractivity contribution in [3.8, 4) is 5.75 Å². The molecule has 0 aliphatic heterocycles. The lowest BCUT2D eigenvalue weighted by molar-refractivity contribution is -0.115. The van der Waals surface area contributed by atoms with Crippen LogP contribution in [0.4, 0.5) is 5.82 Å². The lowest BCUT2D eigenvalue weighted by atomic mass is 10.1. The Morgan fingerprint density at radius 3 is 3.04 bits per heavy atom. The van der Waals surface area contributed by atoms with Crippen LogP contribution in [0.15, 0.2) is 41.9 Å². The molecule has 0 spiro atoms. The Morgan fingerprint density at radius 2 is 2.25 bits per heavy atom. The van der Waals surface area contributed by atoms with E-state index >= 15 is 0 Å². The summed E-state index contributed by atoms with van der Waals surface area (Å²) in [5.74, 6) is 1.17. The van der Waals surface area contributed by atoms with E-state index in [4.69, 9.17) is 4.74 Å². The highest BCUT2D eigenvalue weighted by Gasteiger charge is 2.08. The van der Waals surface area contributed by atoms with Gasteiger partial charge < -0.3 is 10.1 Å². The van der Waals surface area contributed by atoms with Crippen molar-refractivity contribution < 1.29 is 9.53 Å². The van der Waals surface area contributed by atoms with Gasteiger partial charge in [-0.25, -0.2) is 4.98 Å². The second-order valence-corrected chi connectivity index (χ2v) is 6.26. The zero-order valence-electron chi connectivity index (χ0n) is 13.3. The number of aryl methyl sites for hydroxylation is 2. The van der Waals surface area contributed by atoms with Crippen LogP contribution in [0.2, 0.25) is 0 Å². The topological polar surface area (TPSA) is 79.9 Å². The molecule has 0 unspecified atom stereocenters. The van der Waals surface area contributed by atoms with Gasteiger partial charge >= 0.3 is 0 Å². The van der Waals surface area contributed by atoms with Crippen molar-refractivity contribution in [2.75, 3.05) is 12.4 Å². The summed E-state index contributed by atoms with van der Waals surface area (Å²) >= 11 is 1.64. The zero-order valence-corrected chi connectivity index (χ0v) is 14.1. The number of methoxy groups -OCH3 is 1. The van der Waals surface area contributed by atoms with Gasteiger partial charge in [0.15, 0.2) is 5.82 Å². The van der Waals surface area contributed by atoms with Crippen LogP contribution in [0, 0.1) is 0 Å². The number of aromatic nitrogens is 3. The van der Waals surface area contributed by atoms with Crippen molar-refractivity contribution >= 4 is 23.1 Å². The maximum absolute atomic E-state index is 12.1. The van der Waals surface area contributed by atoms with Crippen molar-refractivity contribution in [1.29, 1.82) is 0 Å². The van der Waals surface area contributed by atoms with Gasteiger partial charge in [0, 0.05) is 29.8 Å². The Morgan fingerprint density at radius 1 is 1.33 bits per heavy atom. The van der Waals surface area contributed by atoms with Crippen molar-refractivity contribution in [3.63, 3.8) is 0 Å². The molecule has 24 heavy (non-hydrogen) atoms. The number of hydrogen-bond acceptors (Lipinski definition) is 5. The molecule has 0 atom stereocenters. The van der Waals surface area contributed by atoms with E-state index in [1.165, 1.54) is 0 Å². The highest BCUT2D eigenvalue weighted by atomic mass is 32.1. The van der Waals surface area contributed by atoms with Gasteiger partial charge in [0.25, 0.3) is 0 Å². The predicted octanol–water partition coefficient (Wildman–Crippen LogP) is 2.84. The van der Waals surface area contributed by atoms with Crippen LogP contribution in [-0.2, 0) is 24.1 Å². The molecule has 0 aliphatic rings. The molecule has 7 heteroatoms. The molecule has 2 aromatic heterocycles. The van der Waals surface area contributed by atoms with Gasteiger partial charge in [0.05, 0.1) is 18.5 Å². The Hall–Kier alpha value is -2.67. The number of rotatable bonds is 7. The first kappa shape index (κ1) is 16.2. The van der Waals surface area contributed by atoms with Crippen LogP contribution in [0.3, 0.4) is 0 Å². The number of nitrogens with one attached hydrogen (secondary N) is 2. The first-order chi connectivity index (χ1) is 11.7. The van der Waals surface area contributed by atoms with Crippen LogP contribution < -0.4 is 10.1 Å². The minimum atomic E-state index is -0.110. The van der Waals surface area contributed by atoms with Crippen LogP contribution in [-0.4, -0.2) is 28.2 Å². The number of thiazole rings is 1. The average molecular weight is 342 g/mol. The largest absolute Gasteiger partial charge is 0.497 e. The molecule has 0 saturated heterocycles. The third-order valence-electron chi connectivity index (χ3n) is 3.49. The molecule has 0 fully saturated rings. The zero-order chi connectivity index (χ0) is 16.8. The van der Waals surface area contributed by atoms with Crippen LogP contribution in [0.25, 0.3) is 0 Å². The van der Waals surface area contributed by atoms with Gasteiger partial charge in [-0.3, -0.25) is 9.89 Å². The molecule has 0 saturated carbocycles. The summed E-state index contributed by atoms with van der Waals surface area (Å²) in [6, 6.07) is 9.32. The van der Waals surface area contributed by atoms with Crippen LogP contribution in [0.5, 0.6) is 5.75 Å². The molecule has 1 amide bonds. The molecule has 3 rings (SSSR count). The van der Waals surface area contributed by atoms with Crippen molar-refractivity contribution in [1.82, 2.24) is 15.2 Å². The Labute approximate surface area is 143 Å². The van der Waals surface area contributed by atoms with Gasteiger partial charge in [-0.1, -0.05) is 12.1 Å². The van der Waals surface area contributed by atoms with E-state index in [1.807, 2.05) is 35.7 Å². The number of aromatic amines is 1. The fourth-order valence-electron chi connectivity index (χ4n) is 2.33. The third kappa shape index (κ3) is 4.42. The first-order valence-corrected chi connectivity index (χ1v) is 8.46. The highest BCUT2D eigenvalue weighted by Crippen LogP contribution is 2.14. The lowest BCUT2D eigenvalue weighted by Crippen LogP contribution is -2.14. The molecule has 2 heterocycles. The monoisotopic (exact) mass is 342 g/mol. The van der Waals surface area contributed by atoms with E-state index < -0.39 is 0 Å². The number of carbonyl (C=O) groups is 1. The molecule has 1 aromatic carbocycles. The van der Waals surface area contributed by atoms with Crippen molar-refractivity contribution in [2.45, 2.75) is 19.3 Å². The van der Waals surface area contributed by atoms with Gasteiger partial charge in [0.2, 0.25) is 5.91 Å². The number of hydrogen-bond donors (Lipinski definition) is 2. The SMILES string of the molecule is COc1cccc(CC(=O)Nc2cc(CCc3nccs3)[nH]n2)c1. The van der Waals surface area contributed by atoms with E-state index in [-0.39, 0.29) is 12.3 Å². The second-order valence-electron chi connectivity index (χ2n) is 5.28. The molecule has 0 aliphatic carbocycles. The van der Waals surface area contributed by atoms with E-state index in [9.17, 15) is 4.79 Å². The standard InChI is InChI=1S/C17H18N4O2S/c1-23-14-4-2-3-12(9-14)10-16(22)19-15-11-13(20-21-15)5-6-17-18-7-8-24-17/h2-4,7-9,11H,5-6,10H2,1H3,(H2,19,20,21,22). The minimum absolute atomic E-state index is 0.110. The Kier molecular flexibility index (Phi) is 5.22. The van der Waals surface area contributed by atoms with E-state index in [2.05, 4.69) is 20.5 Å². The molecular formula is C17H18N4O2S. The molecule has 3 aromatic rings. The fraction of sp³-hybridized carbons (Fsp3) is 0.235. The van der Waals surface area contributed by atoms with Gasteiger partial charge in [-0.15, -0.1) is 11.3 Å². The van der Waals surface area contributed by atoms with Crippen LogP contribution >= 0.6 is 11.3 Å². The molecule has 0 bridgehead atoms. The van der Waals surface area contributed by atoms with E-state index in [0.29, 0.717) is 5.82 Å². The van der Waals surface area contributed by atoms with Gasteiger partial charge in [-0.2, -0.15) is 5.10 Å². The normalized spacial score (nSPS) is 10.5. The smallest absolute Gasteiger partial charge is 0.229 e. The lowest BCUT2D eigenvalue weighted by Gasteiger charge is -2.04. The number of nitrogens with zero attached hydrogens (tertiary/aromatic N) is 2. The molecular weight excluding hydrogens is 324 g/mol. The predicted molar refractivity (Wildman–Crippen MR) is 93.4 cm³/mol. The van der Waals surface area contributed by atoms with Crippen molar-refractivity contribution in [3.05, 3.63) is 58.2 Å². The summed E-state index contributed by atoms with van der Waals surface area (Å²) in [5, 5.41) is 12.9. The fourth-order valence-corrected chi connectivity index (χ4v) is 2.95. The summed E-state index contributed by atoms with van der Waals surface area (Å²) in [4.78, 5) is 16.4. The molecule has 0 radical (unpaired) electrons. The maximum atomic E-state index is 12.1. The number of anilines is 1. The molecule has 6 nitrogen and oxygen atoms in total. The number of carbonyl (C=O) groups excluding carboxylic acids is 1. The van der Waals surface area contributed by atoms with E-state index in [0.717, 1.165) is 34.9 Å². The number of ether oxygens (including phenoxy) is 1. The number of H-pyrrole nitrogens is 1. The first-order valence-electron chi connectivity index (χ1n) is 7.58. The number of amides is 1. The highest BCUT2D eigenvalue weighted by molar-refractivity contribution is 7.09.